The second kappa shape index (κ2) is 9.39. The van der Waals surface area contributed by atoms with Gasteiger partial charge in [-0.15, -0.1) is 0 Å². The van der Waals surface area contributed by atoms with E-state index in [4.69, 9.17) is 16.3 Å². The molecule has 26 heavy (non-hydrogen) atoms. The summed E-state index contributed by atoms with van der Waals surface area (Å²) in [6.45, 7) is -0.487. The molecular formula is C19H16ClNO5. The van der Waals surface area contributed by atoms with Crippen LogP contribution >= 0.6 is 11.6 Å². The van der Waals surface area contributed by atoms with Crippen molar-refractivity contribution in [3.63, 3.8) is 0 Å². The first kappa shape index (κ1) is 19.2. The minimum atomic E-state index is -0.670. The number of halogens is 1. The van der Waals surface area contributed by atoms with Gasteiger partial charge in [0, 0.05) is 11.1 Å². The molecule has 0 aliphatic rings. The maximum Gasteiger partial charge on any atom is 0.339 e. The van der Waals surface area contributed by atoms with E-state index in [1.807, 2.05) is 0 Å². The first-order valence-electron chi connectivity index (χ1n) is 7.57. The lowest BCUT2D eigenvalue weighted by atomic mass is 10.2. The Morgan fingerprint density at radius 2 is 1.77 bits per heavy atom. The molecule has 0 bridgehead atoms. The van der Waals surface area contributed by atoms with Crippen LogP contribution in [0, 0.1) is 0 Å². The van der Waals surface area contributed by atoms with Crippen LogP contribution in [0.1, 0.15) is 15.9 Å². The van der Waals surface area contributed by atoms with E-state index >= 15 is 0 Å². The van der Waals surface area contributed by atoms with E-state index in [-0.39, 0.29) is 11.3 Å². The molecule has 1 N–H and O–H groups in total. The minimum absolute atomic E-state index is 0.206. The number of amides is 1. The third-order valence-corrected chi connectivity index (χ3v) is 3.49. The molecule has 0 saturated carbocycles. The molecule has 0 heterocycles. The first-order valence-corrected chi connectivity index (χ1v) is 7.95. The molecule has 134 valence electrons. The fourth-order valence-corrected chi connectivity index (χ4v) is 2.12. The van der Waals surface area contributed by atoms with Crippen molar-refractivity contribution >= 4 is 41.2 Å². The fraction of sp³-hybridized carbons (Fsp3) is 0.105. The van der Waals surface area contributed by atoms with Crippen LogP contribution in [0.4, 0.5) is 5.69 Å². The number of anilines is 1. The quantitative estimate of drug-likeness (QED) is 0.620. The van der Waals surface area contributed by atoms with Crippen molar-refractivity contribution in [1.82, 2.24) is 0 Å². The van der Waals surface area contributed by atoms with Crippen LogP contribution < -0.4 is 5.32 Å². The van der Waals surface area contributed by atoms with Gasteiger partial charge in [-0.25, -0.2) is 9.59 Å². The standard InChI is InChI=1S/C19H16ClNO5/c1-25-19(24)15-4-2-3-5-16(15)21-17(22)12-26-18(23)11-8-13-6-9-14(20)10-7-13/h2-11H,12H2,1H3,(H,21,22)/b11-8+. The molecule has 2 aromatic carbocycles. The number of ether oxygens (including phenoxy) is 2. The lowest BCUT2D eigenvalue weighted by molar-refractivity contribution is -0.142. The molecule has 0 fully saturated rings. The summed E-state index contributed by atoms with van der Waals surface area (Å²) in [5.74, 6) is -1.82. The van der Waals surface area contributed by atoms with Crippen molar-refractivity contribution in [2.24, 2.45) is 0 Å². The summed E-state index contributed by atoms with van der Waals surface area (Å²) in [6.07, 6.45) is 2.75. The molecule has 0 aliphatic heterocycles. The fourth-order valence-electron chi connectivity index (χ4n) is 1.99. The summed E-state index contributed by atoms with van der Waals surface area (Å²) in [7, 11) is 1.25. The number of hydrogen-bond donors (Lipinski definition) is 1. The van der Waals surface area contributed by atoms with Crippen molar-refractivity contribution < 1.29 is 23.9 Å². The molecule has 0 spiro atoms. The number of esters is 2. The number of rotatable bonds is 6. The predicted octanol–water partition coefficient (Wildman–Crippen LogP) is 3.32. The van der Waals surface area contributed by atoms with Crippen LogP contribution in [0.15, 0.2) is 54.6 Å². The molecular weight excluding hydrogens is 358 g/mol. The monoisotopic (exact) mass is 373 g/mol. The van der Waals surface area contributed by atoms with Crippen molar-refractivity contribution in [1.29, 1.82) is 0 Å². The van der Waals surface area contributed by atoms with Crippen LogP contribution in [-0.4, -0.2) is 31.6 Å². The molecule has 0 aliphatic carbocycles. The van der Waals surface area contributed by atoms with Gasteiger partial charge in [0.05, 0.1) is 18.4 Å². The lowest BCUT2D eigenvalue weighted by Gasteiger charge is -2.09. The van der Waals surface area contributed by atoms with Crippen LogP contribution in [-0.2, 0) is 19.1 Å². The Kier molecular flexibility index (Phi) is 6.93. The molecule has 0 atom stereocenters. The first-order chi connectivity index (χ1) is 12.5. The van der Waals surface area contributed by atoms with Gasteiger partial charge in [0.25, 0.3) is 5.91 Å². The van der Waals surface area contributed by atoms with Gasteiger partial charge in [-0.3, -0.25) is 4.79 Å². The van der Waals surface area contributed by atoms with Crippen LogP contribution in [0.2, 0.25) is 5.02 Å². The molecule has 1 amide bonds. The Labute approximate surface area is 155 Å². The normalized spacial score (nSPS) is 10.4. The lowest BCUT2D eigenvalue weighted by Crippen LogP contribution is -2.21. The van der Waals surface area contributed by atoms with E-state index in [9.17, 15) is 14.4 Å². The number of nitrogens with one attached hydrogen (secondary N) is 1. The molecule has 6 nitrogen and oxygen atoms in total. The highest BCUT2D eigenvalue weighted by atomic mass is 35.5. The molecule has 0 aromatic heterocycles. The zero-order chi connectivity index (χ0) is 18.9. The van der Waals surface area contributed by atoms with Gasteiger partial charge >= 0.3 is 11.9 Å². The minimum Gasteiger partial charge on any atom is -0.465 e. The maximum absolute atomic E-state index is 11.9. The summed E-state index contributed by atoms with van der Waals surface area (Å²) in [6, 6.07) is 13.2. The van der Waals surface area contributed by atoms with E-state index < -0.39 is 24.5 Å². The van der Waals surface area contributed by atoms with Crippen LogP contribution in [0.3, 0.4) is 0 Å². The number of carbonyl (C=O) groups excluding carboxylic acids is 3. The second-order valence-electron chi connectivity index (χ2n) is 5.08. The topological polar surface area (TPSA) is 81.7 Å². The third kappa shape index (κ3) is 5.75. The van der Waals surface area contributed by atoms with E-state index in [2.05, 4.69) is 10.1 Å². The molecule has 0 unspecified atom stereocenters. The van der Waals surface area contributed by atoms with Gasteiger partial charge in [-0.2, -0.15) is 0 Å². The highest BCUT2D eigenvalue weighted by Gasteiger charge is 2.13. The van der Waals surface area contributed by atoms with Gasteiger partial charge < -0.3 is 14.8 Å². The smallest absolute Gasteiger partial charge is 0.339 e. The van der Waals surface area contributed by atoms with Crippen LogP contribution in [0.25, 0.3) is 6.08 Å². The average molecular weight is 374 g/mol. The third-order valence-electron chi connectivity index (χ3n) is 3.23. The van der Waals surface area contributed by atoms with E-state index in [1.165, 1.54) is 19.3 Å². The molecule has 2 aromatic rings. The van der Waals surface area contributed by atoms with Crippen molar-refractivity contribution in [2.45, 2.75) is 0 Å². The number of carbonyl (C=O) groups is 3. The highest BCUT2D eigenvalue weighted by molar-refractivity contribution is 6.30. The highest BCUT2D eigenvalue weighted by Crippen LogP contribution is 2.16. The Morgan fingerprint density at radius 1 is 1.08 bits per heavy atom. The van der Waals surface area contributed by atoms with Crippen molar-refractivity contribution in [2.75, 3.05) is 19.0 Å². The van der Waals surface area contributed by atoms with Crippen LogP contribution in [0.5, 0.6) is 0 Å². The largest absolute Gasteiger partial charge is 0.465 e. The number of methoxy groups -OCH3 is 1. The molecule has 2 rings (SSSR count). The maximum atomic E-state index is 11.9. The summed E-state index contributed by atoms with van der Waals surface area (Å²) >= 11 is 5.78. The Hall–Kier alpha value is -3.12. The van der Waals surface area contributed by atoms with E-state index in [1.54, 1.807) is 48.5 Å². The summed E-state index contributed by atoms with van der Waals surface area (Å²) in [5, 5.41) is 3.10. The molecule has 0 saturated heterocycles. The second-order valence-corrected chi connectivity index (χ2v) is 5.51. The molecule has 7 heteroatoms. The Morgan fingerprint density at radius 3 is 2.46 bits per heavy atom. The Bertz CT molecular complexity index is 830. The Balaban J connectivity index is 1.88. The SMILES string of the molecule is COC(=O)c1ccccc1NC(=O)COC(=O)/C=C/c1ccc(Cl)cc1. The van der Waals surface area contributed by atoms with Gasteiger partial charge in [0.2, 0.25) is 0 Å². The summed E-state index contributed by atoms with van der Waals surface area (Å²) in [4.78, 5) is 35.2. The number of benzene rings is 2. The predicted molar refractivity (Wildman–Crippen MR) is 97.9 cm³/mol. The van der Waals surface area contributed by atoms with E-state index in [0.717, 1.165) is 5.56 Å². The molecule has 0 radical (unpaired) electrons. The zero-order valence-electron chi connectivity index (χ0n) is 13.9. The average Bonchev–Trinajstić information content (AvgIpc) is 2.65. The summed E-state index contributed by atoms with van der Waals surface area (Å²) in [5.41, 5.74) is 1.25. The van der Waals surface area contributed by atoms with Crippen molar-refractivity contribution in [3.05, 3.63) is 70.8 Å². The van der Waals surface area contributed by atoms with Gasteiger partial charge in [-0.05, 0) is 35.9 Å². The van der Waals surface area contributed by atoms with Gasteiger partial charge in [0.1, 0.15) is 0 Å². The van der Waals surface area contributed by atoms with E-state index in [0.29, 0.717) is 5.02 Å². The van der Waals surface area contributed by atoms with Gasteiger partial charge in [-0.1, -0.05) is 35.9 Å². The van der Waals surface area contributed by atoms with Crippen molar-refractivity contribution in [3.8, 4) is 0 Å². The summed E-state index contributed by atoms with van der Waals surface area (Å²) < 4.78 is 9.51. The van der Waals surface area contributed by atoms with Gasteiger partial charge in [0.15, 0.2) is 6.61 Å². The number of para-hydroxylation sites is 1. The number of hydrogen-bond acceptors (Lipinski definition) is 5. The zero-order valence-corrected chi connectivity index (χ0v) is 14.7.